The van der Waals surface area contributed by atoms with Crippen LogP contribution in [0.15, 0.2) is 35.9 Å². The molecule has 4 heteroatoms. The van der Waals surface area contributed by atoms with Crippen LogP contribution >= 0.6 is 0 Å². The lowest BCUT2D eigenvalue weighted by atomic mass is 9.59. The highest BCUT2D eigenvalue weighted by Crippen LogP contribution is 2.53. The predicted octanol–water partition coefficient (Wildman–Crippen LogP) is 4.14. The van der Waals surface area contributed by atoms with Gasteiger partial charge in [-0.25, -0.2) is 0 Å². The zero-order chi connectivity index (χ0) is 19.7. The van der Waals surface area contributed by atoms with Gasteiger partial charge >= 0.3 is 5.97 Å². The van der Waals surface area contributed by atoms with Crippen LogP contribution in [0.3, 0.4) is 0 Å². The average Bonchev–Trinajstić information content (AvgIpc) is 2.97. The Labute approximate surface area is 168 Å². The number of methoxy groups -OCH3 is 1. The van der Waals surface area contributed by atoms with E-state index in [2.05, 4.69) is 31.3 Å². The summed E-state index contributed by atoms with van der Waals surface area (Å²) in [5.74, 6) is 1.71. The van der Waals surface area contributed by atoms with Crippen molar-refractivity contribution in [2.45, 2.75) is 52.1 Å². The summed E-state index contributed by atoms with van der Waals surface area (Å²) in [5, 5.41) is 3.50. The summed E-state index contributed by atoms with van der Waals surface area (Å²) in [6.45, 7) is 6.23. The number of ether oxygens (including phenoxy) is 2. The molecule has 0 bridgehead atoms. The Morgan fingerprint density at radius 3 is 2.96 bits per heavy atom. The Hall–Kier alpha value is -1.81. The number of allylic oxidation sites excluding steroid dienone is 1. The quantitative estimate of drug-likeness (QED) is 0.456. The molecule has 1 aromatic carbocycles. The normalized spacial score (nSPS) is 34.2. The Balaban J connectivity index is 1.39. The van der Waals surface area contributed by atoms with E-state index in [1.807, 2.05) is 18.2 Å². The number of carbonyl (C=O) groups excluding carboxylic acids is 1. The number of fused-ring (bicyclic) bond motifs is 2. The van der Waals surface area contributed by atoms with E-state index in [-0.39, 0.29) is 29.3 Å². The van der Waals surface area contributed by atoms with Crippen LogP contribution in [0.1, 0.15) is 45.1 Å². The van der Waals surface area contributed by atoms with Crippen LogP contribution in [-0.4, -0.2) is 32.3 Å². The number of nitrogens with one attached hydrogen (secondary N) is 1. The number of esters is 1. The highest BCUT2D eigenvalue weighted by Gasteiger charge is 2.51. The van der Waals surface area contributed by atoms with Crippen LogP contribution in [0, 0.1) is 23.2 Å². The molecule has 1 heterocycles. The molecular formula is C24H33NO3. The maximum Gasteiger partial charge on any atom is 0.311 e. The summed E-state index contributed by atoms with van der Waals surface area (Å²) in [6, 6.07) is 8.11. The van der Waals surface area contributed by atoms with Crippen LogP contribution in [0.5, 0.6) is 5.75 Å². The van der Waals surface area contributed by atoms with E-state index in [1.165, 1.54) is 24.8 Å². The van der Waals surface area contributed by atoms with Crippen LogP contribution in [-0.2, 0) is 16.0 Å². The fourth-order valence-corrected chi connectivity index (χ4v) is 5.67. The lowest BCUT2D eigenvalue weighted by molar-refractivity contribution is -0.145. The van der Waals surface area contributed by atoms with Crippen molar-refractivity contribution < 1.29 is 14.3 Å². The van der Waals surface area contributed by atoms with Crippen LogP contribution < -0.4 is 10.1 Å². The molecule has 0 aromatic heterocycles. The molecule has 152 valence electrons. The number of hydrogen-bond acceptors (Lipinski definition) is 4. The summed E-state index contributed by atoms with van der Waals surface area (Å²) in [4.78, 5) is 12.6. The lowest BCUT2D eigenvalue weighted by Crippen LogP contribution is -2.40. The van der Waals surface area contributed by atoms with Gasteiger partial charge in [-0.05, 0) is 55.2 Å². The third-order valence-electron chi connectivity index (χ3n) is 7.21. The molecule has 1 saturated carbocycles. The molecule has 0 spiro atoms. The number of para-hydroxylation sites is 1. The Morgan fingerprint density at radius 2 is 2.14 bits per heavy atom. The molecule has 1 aromatic rings. The van der Waals surface area contributed by atoms with Gasteiger partial charge in [0.05, 0.1) is 13.0 Å². The van der Waals surface area contributed by atoms with Crippen LogP contribution in [0.4, 0.5) is 0 Å². The maximum absolute atomic E-state index is 12.6. The average molecular weight is 384 g/mol. The van der Waals surface area contributed by atoms with E-state index >= 15 is 0 Å². The minimum absolute atomic E-state index is 0.0217. The summed E-state index contributed by atoms with van der Waals surface area (Å²) in [6.07, 6.45) is 8.16. The molecule has 1 aliphatic heterocycles. The van der Waals surface area contributed by atoms with E-state index in [4.69, 9.17) is 9.47 Å². The zero-order valence-corrected chi connectivity index (χ0v) is 17.4. The zero-order valence-electron chi connectivity index (χ0n) is 17.4. The number of benzene rings is 1. The Bertz CT molecular complexity index is 758. The van der Waals surface area contributed by atoms with Crippen molar-refractivity contribution in [1.29, 1.82) is 0 Å². The van der Waals surface area contributed by atoms with Gasteiger partial charge in [-0.1, -0.05) is 50.1 Å². The summed E-state index contributed by atoms with van der Waals surface area (Å²) in [7, 11) is 1.71. The molecule has 0 unspecified atom stereocenters. The van der Waals surface area contributed by atoms with Crippen molar-refractivity contribution in [2.24, 2.45) is 23.2 Å². The van der Waals surface area contributed by atoms with E-state index in [0.717, 1.165) is 25.1 Å². The van der Waals surface area contributed by atoms with Gasteiger partial charge in [-0.15, -0.1) is 0 Å². The Morgan fingerprint density at radius 1 is 1.32 bits per heavy atom. The van der Waals surface area contributed by atoms with Crippen molar-refractivity contribution in [3.63, 3.8) is 0 Å². The second-order valence-corrected chi connectivity index (χ2v) is 9.11. The smallest absolute Gasteiger partial charge is 0.311 e. The highest BCUT2D eigenvalue weighted by atomic mass is 16.6. The van der Waals surface area contributed by atoms with Crippen molar-refractivity contribution in [1.82, 2.24) is 5.32 Å². The highest BCUT2D eigenvalue weighted by molar-refractivity contribution is 5.76. The first kappa shape index (κ1) is 19.5. The third kappa shape index (κ3) is 3.59. The molecule has 5 atom stereocenters. The minimum Gasteiger partial charge on any atom is -0.496 e. The first-order valence-electron chi connectivity index (χ1n) is 10.8. The van der Waals surface area contributed by atoms with Gasteiger partial charge in [-0.2, -0.15) is 0 Å². The Kier molecular flexibility index (Phi) is 5.50. The van der Waals surface area contributed by atoms with E-state index in [1.54, 1.807) is 12.7 Å². The van der Waals surface area contributed by atoms with Crippen molar-refractivity contribution >= 4 is 5.97 Å². The van der Waals surface area contributed by atoms with Gasteiger partial charge in [0.2, 0.25) is 0 Å². The molecule has 1 saturated heterocycles. The fraction of sp³-hybridized carbons (Fsp3) is 0.625. The first-order valence-corrected chi connectivity index (χ1v) is 10.8. The number of rotatable bonds is 6. The largest absolute Gasteiger partial charge is 0.496 e. The van der Waals surface area contributed by atoms with Gasteiger partial charge in [0, 0.05) is 12.5 Å². The SMILES string of the molecule is COc1ccccc1CCNC[C@@H]1C(=O)O[C@@H]2C[C@]3(C)CCC[C@@H](C)C3=C[C@@H]12. The molecular weight excluding hydrogens is 350 g/mol. The van der Waals surface area contributed by atoms with Gasteiger partial charge in [0.1, 0.15) is 11.9 Å². The molecule has 0 radical (unpaired) electrons. The minimum atomic E-state index is -0.0613. The van der Waals surface area contributed by atoms with Gasteiger partial charge in [0.25, 0.3) is 0 Å². The molecule has 0 amide bonds. The van der Waals surface area contributed by atoms with Gasteiger partial charge < -0.3 is 14.8 Å². The van der Waals surface area contributed by atoms with Crippen molar-refractivity contribution in [2.75, 3.05) is 20.2 Å². The van der Waals surface area contributed by atoms with Crippen LogP contribution in [0.2, 0.25) is 0 Å². The molecule has 3 aliphatic rings. The van der Waals surface area contributed by atoms with E-state index in [0.29, 0.717) is 12.5 Å². The number of carbonyl (C=O) groups is 1. The topological polar surface area (TPSA) is 47.6 Å². The third-order valence-corrected chi connectivity index (χ3v) is 7.21. The second kappa shape index (κ2) is 7.90. The molecule has 2 fully saturated rings. The van der Waals surface area contributed by atoms with Crippen molar-refractivity contribution in [3.8, 4) is 5.75 Å². The molecule has 28 heavy (non-hydrogen) atoms. The summed E-state index contributed by atoms with van der Waals surface area (Å²) >= 11 is 0. The van der Waals surface area contributed by atoms with Crippen LogP contribution in [0.25, 0.3) is 0 Å². The monoisotopic (exact) mass is 383 g/mol. The summed E-state index contributed by atoms with van der Waals surface area (Å²) in [5.41, 5.74) is 3.00. The van der Waals surface area contributed by atoms with Gasteiger partial charge in [-0.3, -0.25) is 4.79 Å². The second-order valence-electron chi connectivity index (χ2n) is 9.11. The predicted molar refractivity (Wildman–Crippen MR) is 110 cm³/mol. The van der Waals surface area contributed by atoms with Crippen molar-refractivity contribution in [3.05, 3.63) is 41.5 Å². The van der Waals surface area contributed by atoms with E-state index < -0.39 is 0 Å². The molecule has 4 rings (SSSR count). The molecule has 2 aliphatic carbocycles. The first-order chi connectivity index (χ1) is 13.5. The maximum atomic E-state index is 12.6. The van der Waals surface area contributed by atoms with E-state index in [9.17, 15) is 4.79 Å². The number of hydrogen-bond donors (Lipinski definition) is 1. The molecule has 4 nitrogen and oxygen atoms in total. The lowest BCUT2D eigenvalue weighted by Gasteiger charge is -2.46. The standard InChI is InChI=1S/C24H33NO3/c1-16-7-6-11-24(2)14-22-18(13-20(16)24)19(23(26)28-22)15-25-12-10-17-8-4-5-9-21(17)27-3/h4-5,8-9,13,16,18-19,22,25H,6-7,10-12,14-15H2,1-3H3/t16-,18+,19+,22-,24+/m1/s1. The summed E-state index contributed by atoms with van der Waals surface area (Å²) < 4.78 is 11.3. The molecule has 1 N–H and O–H groups in total. The fourth-order valence-electron chi connectivity index (χ4n) is 5.67. The van der Waals surface area contributed by atoms with Gasteiger partial charge in [0.15, 0.2) is 0 Å².